The molecule has 0 aliphatic rings. The van der Waals surface area contributed by atoms with Gasteiger partial charge in [-0.15, -0.1) is 0 Å². The van der Waals surface area contributed by atoms with Crippen molar-refractivity contribution in [2.75, 3.05) is 6.61 Å². The fraction of sp³-hybridized carbons (Fsp3) is 0.417. The smallest absolute Gasteiger partial charge is 0.416 e. The lowest BCUT2D eigenvalue weighted by Crippen LogP contribution is -2.21. The first-order valence-electron chi connectivity index (χ1n) is 5.53. The predicted octanol–water partition coefficient (Wildman–Crippen LogP) is 3.31. The Hall–Kier alpha value is -1.27. The van der Waals surface area contributed by atoms with E-state index in [4.69, 9.17) is 17.3 Å². The monoisotopic (exact) mass is 295 g/mol. The molecule has 0 aliphatic heterocycles. The maximum absolute atomic E-state index is 12.8. The van der Waals surface area contributed by atoms with Crippen molar-refractivity contribution >= 4 is 17.6 Å². The van der Waals surface area contributed by atoms with Crippen LogP contribution in [0.1, 0.15) is 30.5 Å². The lowest BCUT2D eigenvalue weighted by molar-refractivity contribution is -0.144. The van der Waals surface area contributed by atoms with Crippen molar-refractivity contribution < 1.29 is 22.7 Å². The van der Waals surface area contributed by atoms with Gasteiger partial charge in [0, 0.05) is 11.1 Å². The summed E-state index contributed by atoms with van der Waals surface area (Å²) in [5.41, 5.74) is 4.52. The minimum atomic E-state index is -4.58. The topological polar surface area (TPSA) is 52.3 Å². The summed E-state index contributed by atoms with van der Waals surface area (Å²) in [6.45, 7) is 1.76. The van der Waals surface area contributed by atoms with Gasteiger partial charge in [0.05, 0.1) is 18.6 Å². The van der Waals surface area contributed by atoms with Crippen LogP contribution in [0, 0.1) is 0 Å². The molecule has 1 aromatic rings. The van der Waals surface area contributed by atoms with Gasteiger partial charge in [0.2, 0.25) is 0 Å². The lowest BCUT2D eigenvalue weighted by Gasteiger charge is -2.18. The van der Waals surface area contributed by atoms with Crippen LogP contribution in [-0.4, -0.2) is 12.6 Å². The second kappa shape index (κ2) is 6.25. The number of carbonyl (C=O) groups excluding carboxylic acids is 1. The summed E-state index contributed by atoms with van der Waals surface area (Å²) in [7, 11) is 0. The number of benzene rings is 1. The van der Waals surface area contributed by atoms with Crippen molar-refractivity contribution in [1.29, 1.82) is 0 Å². The van der Waals surface area contributed by atoms with Crippen molar-refractivity contribution in [3.63, 3.8) is 0 Å². The molecular weight excluding hydrogens is 283 g/mol. The first-order valence-corrected chi connectivity index (χ1v) is 5.91. The van der Waals surface area contributed by atoms with Crippen LogP contribution in [0.4, 0.5) is 13.2 Å². The van der Waals surface area contributed by atoms with Crippen LogP contribution in [0.5, 0.6) is 0 Å². The minimum Gasteiger partial charge on any atom is -0.466 e. The molecule has 1 atom stereocenters. The molecule has 3 nitrogen and oxygen atoms in total. The van der Waals surface area contributed by atoms with E-state index >= 15 is 0 Å². The number of rotatable bonds is 4. The van der Waals surface area contributed by atoms with Gasteiger partial charge in [-0.3, -0.25) is 4.79 Å². The molecule has 0 aliphatic carbocycles. The minimum absolute atomic E-state index is 0.0422. The molecule has 0 saturated carbocycles. The number of hydrogen-bond donors (Lipinski definition) is 1. The third-order valence-electron chi connectivity index (χ3n) is 2.41. The number of alkyl halides is 3. The van der Waals surface area contributed by atoms with Crippen molar-refractivity contribution in [2.24, 2.45) is 5.73 Å². The lowest BCUT2D eigenvalue weighted by atomic mass is 9.98. The third kappa shape index (κ3) is 4.40. The Labute approximate surface area is 113 Å². The molecule has 1 aromatic carbocycles. The first kappa shape index (κ1) is 15.8. The number of nitrogens with two attached hydrogens (primary N) is 1. The largest absolute Gasteiger partial charge is 0.466 e. The highest BCUT2D eigenvalue weighted by Gasteiger charge is 2.35. The maximum Gasteiger partial charge on any atom is 0.416 e. The van der Waals surface area contributed by atoms with E-state index in [2.05, 4.69) is 4.74 Å². The zero-order chi connectivity index (χ0) is 14.6. The molecule has 0 bridgehead atoms. The quantitative estimate of drug-likeness (QED) is 0.867. The summed E-state index contributed by atoms with van der Waals surface area (Å²) in [5, 5.41) is -0.0422. The molecule has 7 heteroatoms. The van der Waals surface area contributed by atoms with E-state index < -0.39 is 23.8 Å². The molecule has 0 fully saturated rings. The normalized spacial score (nSPS) is 13.2. The van der Waals surface area contributed by atoms with Crippen LogP contribution in [0.15, 0.2) is 18.2 Å². The summed E-state index contributed by atoms with van der Waals surface area (Å²) in [6, 6.07) is 2.18. The van der Waals surface area contributed by atoms with Gasteiger partial charge in [0.1, 0.15) is 0 Å². The van der Waals surface area contributed by atoms with Crippen LogP contribution in [-0.2, 0) is 15.7 Å². The molecule has 0 unspecified atom stereocenters. The van der Waals surface area contributed by atoms with Crippen molar-refractivity contribution in [3.05, 3.63) is 34.3 Å². The number of carbonyl (C=O) groups is 1. The summed E-state index contributed by atoms with van der Waals surface area (Å²) < 4.78 is 43.2. The van der Waals surface area contributed by atoms with Crippen molar-refractivity contribution in [2.45, 2.75) is 25.6 Å². The van der Waals surface area contributed by atoms with Gasteiger partial charge in [-0.25, -0.2) is 0 Å². The van der Waals surface area contributed by atoms with Gasteiger partial charge in [-0.2, -0.15) is 13.2 Å². The summed E-state index contributed by atoms with van der Waals surface area (Å²) in [6.07, 6.45) is -4.90. The number of halogens is 4. The van der Waals surface area contributed by atoms with E-state index in [0.717, 1.165) is 6.07 Å². The van der Waals surface area contributed by atoms with Gasteiger partial charge in [-0.05, 0) is 24.6 Å². The summed E-state index contributed by atoms with van der Waals surface area (Å²) >= 11 is 5.55. The molecule has 106 valence electrons. The fourth-order valence-electron chi connectivity index (χ4n) is 1.61. The SMILES string of the molecule is CCOC(=O)C[C@@H](N)c1ccc(Cl)cc1C(F)(F)F. The maximum atomic E-state index is 12.8. The van der Waals surface area contributed by atoms with Gasteiger partial charge in [0.25, 0.3) is 0 Å². The molecule has 0 heterocycles. The third-order valence-corrected chi connectivity index (χ3v) is 2.65. The average molecular weight is 296 g/mol. The Bertz CT molecular complexity index is 463. The van der Waals surface area contributed by atoms with E-state index in [-0.39, 0.29) is 23.6 Å². The average Bonchev–Trinajstić information content (AvgIpc) is 2.27. The van der Waals surface area contributed by atoms with E-state index in [9.17, 15) is 18.0 Å². The Kier molecular flexibility index (Phi) is 5.20. The molecule has 0 spiro atoms. The van der Waals surface area contributed by atoms with Crippen LogP contribution in [0.2, 0.25) is 5.02 Å². The highest BCUT2D eigenvalue weighted by atomic mass is 35.5. The molecule has 0 radical (unpaired) electrons. The molecular formula is C12H13ClF3NO2. The van der Waals surface area contributed by atoms with E-state index in [1.165, 1.54) is 12.1 Å². The second-order valence-electron chi connectivity index (χ2n) is 3.84. The molecule has 2 N–H and O–H groups in total. The van der Waals surface area contributed by atoms with Crippen LogP contribution in [0.3, 0.4) is 0 Å². The van der Waals surface area contributed by atoms with E-state index in [1.54, 1.807) is 6.92 Å². The Morgan fingerprint density at radius 3 is 2.63 bits per heavy atom. The van der Waals surface area contributed by atoms with Crippen LogP contribution >= 0.6 is 11.6 Å². The highest BCUT2D eigenvalue weighted by Crippen LogP contribution is 2.36. The number of hydrogen-bond acceptors (Lipinski definition) is 3. The molecule has 1 rings (SSSR count). The summed E-state index contributed by atoms with van der Waals surface area (Å²) in [5.74, 6) is -0.641. The van der Waals surface area contributed by atoms with Gasteiger partial charge >= 0.3 is 12.1 Å². The molecule has 0 aromatic heterocycles. The van der Waals surface area contributed by atoms with Crippen LogP contribution < -0.4 is 5.73 Å². The predicted molar refractivity (Wildman–Crippen MR) is 64.6 cm³/mol. The zero-order valence-electron chi connectivity index (χ0n) is 10.1. The number of esters is 1. The molecule has 0 saturated heterocycles. The Morgan fingerprint density at radius 1 is 1.47 bits per heavy atom. The molecule has 19 heavy (non-hydrogen) atoms. The Balaban J connectivity index is 3.02. The second-order valence-corrected chi connectivity index (χ2v) is 4.28. The highest BCUT2D eigenvalue weighted by molar-refractivity contribution is 6.30. The van der Waals surface area contributed by atoms with Gasteiger partial charge < -0.3 is 10.5 Å². The first-order chi connectivity index (χ1) is 8.75. The summed E-state index contributed by atoms with van der Waals surface area (Å²) in [4.78, 5) is 11.2. The zero-order valence-corrected chi connectivity index (χ0v) is 10.9. The van der Waals surface area contributed by atoms with E-state index in [1.807, 2.05) is 0 Å². The van der Waals surface area contributed by atoms with Gasteiger partial charge in [-0.1, -0.05) is 17.7 Å². The fourth-order valence-corrected chi connectivity index (χ4v) is 1.78. The Morgan fingerprint density at radius 2 is 2.11 bits per heavy atom. The van der Waals surface area contributed by atoms with Crippen LogP contribution in [0.25, 0.3) is 0 Å². The molecule has 0 amide bonds. The number of ether oxygens (including phenoxy) is 1. The van der Waals surface area contributed by atoms with Gasteiger partial charge in [0.15, 0.2) is 0 Å². The van der Waals surface area contributed by atoms with Crippen molar-refractivity contribution in [1.82, 2.24) is 0 Å². The standard InChI is InChI=1S/C12H13ClF3NO2/c1-2-19-11(18)6-10(17)8-4-3-7(13)5-9(8)12(14,15)16/h3-5,10H,2,6,17H2,1H3/t10-/m1/s1. The van der Waals surface area contributed by atoms with E-state index in [0.29, 0.717) is 0 Å². The van der Waals surface area contributed by atoms with Crippen molar-refractivity contribution in [3.8, 4) is 0 Å².